The fraction of sp³-hybridized carbons (Fsp3) is 0.154. The maximum Gasteiger partial charge on any atom is 0.161 e. The predicted molar refractivity (Wildman–Crippen MR) is 73.6 cm³/mol. The van der Waals surface area contributed by atoms with Gasteiger partial charge in [0.2, 0.25) is 0 Å². The molecule has 2 aromatic rings. The van der Waals surface area contributed by atoms with Gasteiger partial charge in [-0.3, -0.25) is 0 Å². The average Bonchev–Trinajstić information content (AvgIpc) is 2.93. The lowest BCUT2D eigenvalue weighted by Crippen LogP contribution is -2.11. The van der Waals surface area contributed by atoms with E-state index in [4.69, 9.17) is 26.1 Å². The maximum absolute atomic E-state index is 5.27. The lowest BCUT2D eigenvalue weighted by atomic mass is 10.2. The molecule has 0 spiro atoms. The van der Waals surface area contributed by atoms with E-state index in [2.05, 4.69) is 5.32 Å². The average molecular weight is 263 g/mol. The minimum absolute atomic E-state index is 0.475. The van der Waals surface area contributed by atoms with E-state index >= 15 is 0 Å². The van der Waals surface area contributed by atoms with Crippen LogP contribution in [0.25, 0.3) is 0 Å². The van der Waals surface area contributed by atoms with E-state index in [0.717, 1.165) is 0 Å². The second-order valence-corrected chi connectivity index (χ2v) is 3.88. The van der Waals surface area contributed by atoms with Crippen molar-refractivity contribution in [1.29, 1.82) is 0 Å². The minimum atomic E-state index is 0.475. The number of methoxy groups -OCH3 is 2. The number of rotatable bonds is 4. The molecule has 2 rings (SSSR count). The fourth-order valence-electron chi connectivity index (χ4n) is 1.56. The van der Waals surface area contributed by atoms with Gasteiger partial charge in [-0.2, -0.15) is 0 Å². The molecule has 0 aliphatic carbocycles. The summed E-state index contributed by atoms with van der Waals surface area (Å²) >= 11 is 5.26. The van der Waals surface area contributed by atoms with Crippen LogP contribution in [0.4, 0.5) is 5.69 Å². The van der Waals surface area contributed by atoms with Gasteiger partial charge < -0.3 is 19.2 Å². The molecule has 1 N–H and O–H groups in total. The summed E-state index contributed by atoms with van der Waals surface area (Å²) in [5.74, 6) is 1.91. The molecule has 1 aromatic heterocycles. The molecule has 0 bridgehead atoms. The predicted octanol–water partition coefficient (Wildman–Crippen LogP) is 3.08. The van der Waals surface area contributed by atoms with Crippen molar-refractivity contribution in [2.45, 2.75) is 0 Å². The first-order valence-electron chi connectivity index (χ1n) is 5.32. The summed E-state index contributed by atoms with van der Waals surface area (Å²) in [4.78, 5) is 0.475. The van der Waals surface area contributed by atoms with Crippen LogP contribution in [-0.2, 0) is 0 Å². The smallest absolute Gasteiger partial charge is 0.161 e. The van der Waals surface area contributed by atoms with Crippen LogP contribution in [0.15, 0.2) is 41.0 Å². The molecule has 0 fully saturated rings. The number of nitrogens with one attached hydrogen (secondary N) is 1. The van der Waals surface area contributed by atoms with Crippen LogP contribution < -0.4 is 14.8 Å². The van der Waals surface area contributed by atoms with Gasteiger partial charge in [0.15, 0.2) is 5.76 Å². The zero-order valence-electron chi connectivity index (χ0n) is 10.1. The Morgan fingerprint density at radius 3 is 2.28 bits per heavy atom. The molecule has 0 aliphatic heterocycles. The van der Waals surface area contributed by atoms with Gasteiger partial charge in [-0.1, -0.05) is 18.3 Å². The molecular formula is C13H13NO3S. The molecule has 1 heterocycles. The Labute approximate surface area is 111 Å². The number of furan rings is 1. The van der Waals surface area contributed by atoms with E-state index < -0.39 is 0 Å². The van der Waals surface area contributed by atoms with Gasteiger partial charge in [0.1, 0.15) is 22.2 Å². The zero-order valence-corrected chi connectivity index (χ0v) is 10.9. The van der Waals surface area contributed by atoms with Crippen LogP contribution in [0.1, 0.15) is 5.76 Å². The SMILES string of the molecule is COc1cccc(OC)c1NC(=S)c1ccco1. The summed E-state index contributed by atoms with van der Waals surface area (Å²) in [6.45, 7) is 0. The van der Waals surface area contributed by atoms with Gasteiger partial charge >= 0.3 is 0 Å². The molecule has 0 amide bonds. The number of hydrogen-bond donors (Lipinski definition) is 1. The Morgan fingerprint density at radius 2 is 1.78 bits per heavy atom. The zero-order chi connectivity index (χ0) is 13.0. The molecule has 94 valence electrons. The van der Waals surface area contributed by atoms with E-state index in [1.807, 2.05) is 18.2 Å². The van der Waals surface area contributed by atoms with E-state index in [1.165, 1.54) is 0 Å². The Hall–Kier alpha value is -2.01. The lowest BCUT2D eigenvalue weighted by Gasteiger charge is -2.14. The van der Waals surface area contributed by atoms with E-state index in [-0.39, 0.29) is 0 Å². The summed E-state index contributed by atoms with van der Waals surface area (Å²) in [6.07, 6.45) is 1.57. The number of para-hydroxylation sites is 1. The molecule has 18 heavy (non-hydrogen) atoms. The van der Waals surface area contributed by atoms with Crippen LogP contribution in [0, 0.1) is 0 Å². The quantitative estimate of drug-likeness (QED) is 0.859. The number of benzene rings is 1. The van der Waals surface area contributed by atoms with Crippen LogP contribution >= 0.6 is 12.2 Å². The standard InChI is InChI=1S/C13H13NO3S/c1-15-9-5-3-6-10(16-2)12(9)14-13(18)11-7-4-8-17-11/h3-8H,1-2H3,(H,14,18). The van der Waals surface area contributed by atoms with E-state index in [9.17, 15) is 0 Å². The van der Waals surface area contributed by atoms with Gasteiger partial charge in [0.05, 0.1) is 20.5 Å². The van der Waals surface area contributed by atoms with Gasteiger partial charge in [-0.15, -0.1) is 0 Å². The molecule has 1 aromatic carbocycles. The Bertz CT molecular complexity index is 515. The van der Waals surface area contributed by atoms with E-state index in [1.54, 1.807) is 32.6 Å². The normalized spacial score (nSPS) is 9.89. The highest BCUT2D eigenvalue weighted by atomic mass is 32.1. The third-order valence-electron chi connectivity index (χ3n) is 2.41. The summed E-state index contributed by atoms with van der Waals surface area (Å²) in [7, 11) is 3.19. The van der Waals surface area contributed by atoms with Crippen molar-refractivity contribution in [3.63, 3.8) is 0 Å². The second-order valence-electron chi connectivity index (χ2n) is 3.47. The van der Waals surface area contributed by atoms with Crippen molar-refractivity contribution >= 4 is 22.9 Å². The van der Waals surface area contributed by atoms with Crippen LogP contribution in [0.3, 0.4) is 0 Å². The van der Waals surface area contributed by atoms with Gasteiger partial charge in [-0.05, 0) is 24.3 Å². The van der Waals surface area contributed by atoms with Crippen molar-refractivity contribution in [3.8, 4) is 11.5 Å². The molecule has 0 unspecified atom stereocenters. The molecular weight excluding hydrogens is 250 g/mol. The third kappa shape index (κ3) is 2.46. The molecule has 4 nitrogen and oxygen atoms in total. The first-order valence-corrected chi connectivity index (χ1v) is 5.73. The Balaban J connectivity index is 2.30. The Kier molecular flexibility index (Phi) is 3.84. The third-order valence-corrected chi connectivity index (χ3v) is 2.71. The van der Waals surface area contributed by atoms with Crippen molar-refractivity contribution in [2.24, 2.45) is 0 Å². The molecule has 0 saturated carbocycles. The van der Waals surface area contributed by atoms with Crippen LogP contribution in [-0.4, -0.2) is 19.2 Å². The number of anilines is 1. The van der Waals surface area contributed by atoms with Crippen molar-refractivity contribution in [1.82, 2.24) is 0 Å². The highest BCUT2D eigenvalue weighted by Gasteiger charge is 2.13. The molecule has 0 saturated heterocycles. The van der Waals surface area contributed by atoms with Crippen LogP contribution in [0.5, 0.6) is 11.5 Å². The lowest BCUT2D eigenvalue weighted by molar-refractivity contribution is 0.398. The number of hydrogen-bond acceptors (Lipinski definition) is 4. The number of ether oxygens (including phenoxy) is 2. The highest BCUT2D eigenvalue weighted by molar-refractivity contribution is 7.81. The first-order chi connectivity index (χ1) is 8.76. The first kappa shape index (κ1) is 12.4. The summed E-state index contributed by atoms with van der Waals surface area (Å²) in [6, 6.07) is 9.07. The van der Waals surface area contributed by atoms with Crippen molar-refractivity contribution in [2.75, 3.05) is 19.5 Å². The van der Waals surface area contributed by atoms with Crippen molar-refractivity contribution in [3.05, 3.63) is 42.4 Å². The highest BCUT2D eigenvalue weighted by Crippen LogP contribution is 2.34. The summed E-state index contributed by atoms with van der Waals surface area (Å²) < 4.78 is 15.8. The summed E-state index contributed by atoms with van der Waals surface area (Å²) in [5, 5.41) is 3.07. The van der Waals surface area contributed by atoms with Gasteiger partial charge in [-0.25, -0.2) is 0 Å². The molecule has 0 radical (unpaired) electrons. The maximum atomic E-state index is 5.27. The fourth-order valence-corrected chi connectivity index (χ4v) is 1.78. The van der Waals surface area contributed by atoms with E-state index in [0.29, 0.717) is 27.9 Å². The van der Waals surface area contributed by atoms with Gasteiger partial charge in [0.25, 0.3) is 0 Å². The molecule has 0 aliphatic rings. The topological polar surface area (TPSA) is 43.6 Å². The van der Waals surface area contributed by atoms with Crippen molar-refractivity contribution < 1.29 is 13.9 Å². The summed E-state index contributed by atoms with van der Waals surface area (Å²) in [5.41, 5.74) is 0.684. The number of thiocarbonyl (C=S) groups is 1. The second kappa shape index (κ2) is 5.55. The molecule has 0 atom stereocenters. The minimum Gasteiger partial charge on any atom is -0.494 e. The Morgan fingerprint density at radius 1 is 1.11 bits per heavy atom. The van der Waals surface area contributed by atoms with Gasteiger partial charge in [0, 0.05) is 0 Å². The largest absolute Gasteiger partial charge is 0.494 e. The monoisotopic (exact) mass is 263 g/mol. The molecule has 5 heteroatoms. The van der Waals surface area contributed by atoms with Crippen LogP contribution in [0.2, 0.25) is 0 Å².